The van der Waals surface area contributed by atoms with Gasteiger partial charge in [0, 0.05) is 22.6 Å². The molecule has 0 aromatic carbocycles. The van der Waals surface area contributed by atoms with Gasteiger partial charge in [-0.3, -0.25) is 4.78 Å². The summed E-state index contributed by atoms with van der Waals surface area (Å²) in [6.45, 7) is 0. The minimum atomic E-state index is -4.60. The molecule has 0 aliphatic carbocycles. The molecule has 27 heavy (non-hydrogen) atoms. The summed E-state index contributed by atoms with van der Waals surface area (Å²) < 4.78 is 89.4. The molecule has 0 fully saturated rings. The van der Waals surface area contributed by atoms with Crippen LogP contribution in [0.25, 0.3) is 0 Å². The van der Waals surface area contributed by atoms with Crippen molar-refractivity contribution in [3.05, 3.63) is 0 Å². The summed E-state index contributed by atoms with van der Waals surface area (Å²) in [5.41, 5.74) is 0. The van der Waals surface area contributed by atoms with Crippen molar-refractivity contribution in [1.82, 2.24) is 4.13 Å². The Morgan fingerprint density at radius 2 is 1.11 bits per heavy atom. The molecule has 0 aliphatic rings. The van der Waals surface area contributed by atoms with Crippen LogP contribution in [0.15, 0.2) is 0 Å². The highest BCUT2D eigenvalue weighted by atomic mass is 127. The number of halogens is 14. The molecule has 0 aromatic heterocycles. The SMILES string of the molecule is C=S(=N)(NS(=N)(=O)C(I)(I)C(F)(F)C(F)(I)I)C(I)(I)C(I)(I)C(F)(F)I. The Morgan fingerprint density at radius 1 is 0.778 bits per heavy atom. The van der Waals surface area contributed by atoms with E-state index in [1.54, 1.807) is 0 Å². The maximum Gasteiger partial charge on any atom is 0.336 e. The molecule has 0 aromatic rings. The Morgan fingerprint density at radius 3 is 1.37 bits per heavy atom. The van der Waals surface area contributed by atoms with E-state index in [9.17, 15) is 26.2 Å². The van der Waals surface area contributed by atoms with E-state index in [2.05, 4.69) is 5.87 Å². The highest BCUT2D eigenvalue weighted by Crippen LogP contribution is 2.63. The predicted octanol–water partition coefficient (Wildman–Crippen LogP) is 8.57. The molecule has 164 valence electrons. The summed E-state index contributed by atoms with van der Waals surface area (Å²) in [6, 6.07) is 0. The minimum absolute atomic E-state index is 0.824. The van der Waals surface area contributed by atoms with E-state index in [1.807, 2.05) is 4.13 Å². The van der Waals surface area contributed by atoms with Crippen LogP contribution in [0, 0.1) is 9.56 Å². The van der Waals surface area contributed by atoms with Crippen molar-refractivity contribution in [3.8, 4) is 0 Å². The Bertz CT molecular complexity index is 722. The van der Waals surface area contributed by atoms with Gasteiger partial charge in [0.15, 0.2) is 2.19 Å². The van der Waals surface area contributed by atoms with E-state index in [4.69, 9.17) is 9.56 Å². The van der Waals surface area contributed by atoms with E-state index in [0.717, 1.165) is 113 Å². The van der Waals surface area contributed by atoms with Crippen LogP contribution < -0.4 is 4.13 Å². The fourth-order valence-corrected chi connectivity index (χ4v) is 16.3. The maximum atomic E-state index is 14.6. The van der Waals surface area contributed by atoms with Crippen molar-refractivity contribution < 1.29 is 26.2 Å². The number of hydrogen-bond donors (Lipinski definition) is 3. The van der Waals surface area contributed by atoms with Gasteiger partial charge in [0.1, 0.15) is 9.92 Å². The first-order valence-electron chi connectivity index (χ1n) is 5.33. The lowest BCUT2D eigenvalue weighted by Gasteiger charge is -2.43. The van der Waals surface area contributed by atoms with Crippen LogP contribution in [-0.2, 0) is 19.5 Å². The zero-order valence-corrected chi connectivity index (χ0v) is 32.8. The van der Waals surface area contributed by atoms with Crippen LogP contribution >= 0.6 is 203 Å². The third-order valence-corrected chi connectivity index (χ3v) is 30.0. The molecule has 0 saturated carbocycles. The lowest BCUT2D eigenvalue weighted by Crippen LogP contribution is -2.59. The molecule has 0 radical (unpaired) electrons. The largest absolute Gasteiger partial charge is 0.336 e. The Balaban J connectivity index is 6.37. The molecule has 0 saturated heterocycles. The smallest absolute Gasteiger partial charge is 0.270 e. The van der Waals surface area contributed by atoms with Crippen molar-refractivity contribution in [2.24, 2.45) is 0 Å². The van der Waals surface area contributed by atoms with E-state index in [-0.39, 0.29) is 0 Å². The minimum Gasteiger partial charge on any atom is -0.270 e. The second-order valence-corrected chi connectivity index (χ2v) is 34.3. The molecule has 4 nitrogen and oxygen atoms in total. The monoisotopic (exact) mass is 1450 g/mol. The summed E-state index contributed by atoms with van der Waals surface area (Å²) in [6.07, 6.45) is 0. The van der Waals surface area contributed by atoms with Gasteiger partial charge >= 0.3 is 9.85 Å². The quantitative estimate of drug-likeness (QED) is 0.0970. The Kier molecular flexibility index (Phi) is 12.6. The van der Waals surface area contributed by atoms with Crippen LogP contribution in [0.1, 0.15) is 0 Å². The first-order valence-corrected chi connectivity index (χ1v) is 18.4. The summed E-state index contributed by atoms with van der Waals surface area (Å²) in [7, 11) is -8.16. The highest BCUT2D eigenvalue weighted by Gasteiger charge is 2.70. The average Bonchev–Trinajstić information content (AvgIpc) is 2.33. The van der Waals surface area contributed by atoms with Gasteiger partial charge in [-0.05, 0) is 106 Å². The van der Waals surface area contributed by atoms with Crippen LogP contribution in [-0.4, -0.2) is 24.6 Å². The van der Waals surface area contributed by atoms with Gasteiger partial charge in [-0.2, -0.15) is 21.7 Å². The lowest BCUT2D eigenvalue weighted by molar-refractivity contribution is -0.0224. The summed E-state index contributed by atoms with van der Waals surface area (Å²) >= 11 is 10.4. The second kappa shape index (κ2) is 10.3. The Hall–Kier alpha value is 6.15. The fraction of sp³-hybridized carbons (Fsp3) is 0.857. The van der Waals surface area contributed by atoms with Gasteiger partial charge in [-0.25, -0.2) is 13.4 Å². The molecule has 3 N–H and O–H groups in total. The first kappa shape index (κ1) is 33.1. The van der Waals surface area contributed by atoms with Crippen LogP contribution in [0.2, 0.25) is 0 Å². The lowest BCUT2D eigenvalue weighted by atomic mass is 10.4. The molecule has 0 amide bonds. The number of hydrogen-bond acceptors (Lipinski definition) is 3. The maximum absolute atomic E-state index is 14.6. The third-order valence-electron chi connectivity index (χ3n) is 2.50. The van der Waals surface area contributed by atoms with E-state index >= 15 is 0 Å². The third kappa shape index (κ3) is 6.68. The highest BCUT2D eigenvalue weighted by molar-refractivity contribution is 14.2. The zero-order chi connectivity index (χ0) is 22.7. The molecule has 0 rings (SSSR count). The molecule has 20 heteroatoms. The van der Waals surface area contributed by atoms with Crippen LogP contribution in [0.4, 0.5) is 22.0 Å². The van der Waals surface area contributed by atoms with Gasteiger partial charge in [0.25, 0.3) is 1.68 Å². The Labute approximate surface area is 276 Å². The number of nitrogens with one attached hydrogen (secondary N) is 3. The van der Waals surface area contributed by atoms with Crippen molar-refractivity contribution in [3.63, 3.8) is 0 Å². The van der Waals surface area contributed by atoms with Crippen molar-refractivity contribution in [2.45, 2.75) is 14.5 Å². The van der Waals surface area contributed by atoms with E-state index in [1.165, 1.54) is 90.4 Å². The molecule has 2 unspecified atom stereocenters. The second-order valence-electron chi connectivity index (χ2n) is 4.56. The van der Waals surface area contributed by atoms with Crippen molar-refractivity contribution >= 4 is 229 Å². The molecular weight excluding hydrogens is 1440 g/mol. The van der Waals surface area contributed by atoms with Crippen molar-refractivity contribution in [1.29, 1.82) is 9.56 Å². The molecule has 0 bridgehead atoms. The van der Waals surface area contributed by atoms with Gasteiger partial charge < -0.3 is 0 Å². The van der Waals surface area contributed by atoms with Gasteiger partial charge in [0.05, 0.1) is 0 Å². The molecule has 0 heterocycles. The molecular formula is C7H5F5I9N3OS2. The summed E-state index contributed by atoms with van der Waals surface area (Å²) in [5.74, 6) is -0.782. The predicted molar refractivity (Wildman–Crippen MR) is 179 cm³/mol. The van der Waals surface area contributed by atoms with Gasteiger partial charge in [-0.1, -0.05) is 90.4 Å². The average molecular weight is 1450 g/mol. The number of alkyl halides is 14. The van der Waals surface area contributed by atoms with E-state index < -0.39 is 34.0 Å². The first-order chi connectivity index (χ1) is 11.2. The topological polar surface area (TPSA) is 76.8 Å². The standard InChI is InChI=1S/C7H5F5I9N3OS2/c1-26(22,7(20,21)3(13,14)4(10,11)15)24-27(23,25)6(18,19)2(8,9)5(12,16)17/h1H2,(H3,22,23,24,25). The van der Waals surface area contributed by atoms with E-state index in [0.29, 0.717) is 0 Å². The van der Waals surface area contributed by atoms with Crippen LogP contribution in [0.5, 0.6) is 0 Å². The molecule has 0 aliphatic heterocycles. The fourth-order valence-electron chi connectivity index (χ4n) is 1.03. The van der Waals surface area contributed by atoms with Crippen LogP contribution in [0.3, 0.4) is 0 Å². The van der Waals surface area contributed by atoms with Gasteiger partial charge in [0.2, 0.25) is 0.760 Å². The zero-order valence-electron chi connectivity index (χ0n) is 11.7. The van der Waals surface area contributed by atoms with Crippen molar-refractivity contribution in [2.75, 3.05) is 0 Å². The summed E-state index contributed by atoms with van der Waals surface area (Å²) in [5, 5.41) is 0. The summed E-state index contributed by atoms with van der Waals surface area (Å²) in [4.78, 5) is 0. The normalized spacial score (nSPS) is 20.1. The molecule has 0 spiro atoms. The number of rotatable bonds is 8. The van der Waals surface area contributed by atoms with Gasteiger partial charge in [-0.15, -0.1) is 0 Å². The molecule has 2 atom stereocenters.